The smallest absolute Gasteiger partial charge is 0.189 e. The molecule has 0 bridgehead atoms. The quantitative estimate of drug-likeness (QED) is 0.678. The van der Waals surface area contributed by atoms with Crippen molar-refractivity contribution in [1.29, 1.82) is 0 Å². The molecule has 1 N–H and O–H groups in total. The number of allylic oxidation sites excluding steroid dienone is 1. The fraction of sp³-hybridized carbons (Fsp3) is 0.211. The van der Waals surface area contributed by atoms with Crippen LogP contribution in [0.3, 0.4) is 0 Å². The topological polar surface area (TPSA) is 46.5 Å². The molecule has 3 nitrogen and oxygen atoms in total. The van der Waals surface area contributed by atoms with Crippen LogP contribution >= 0.6 is 0 Å². The van der Waals surface area contributed by atoms with Gasteiger partial charge in [0.2, 0.25) is 0 Å². The van der Waals surface area contributed by atoms with Crippen LogP contribution in [0.15, 0.2) is 36.4 Å². The second-order valence-electron chi connectivity index (χ2n) is 5.40. The van der Waals surface area contributed by atoms with Gasteiger partial charge in [0.15, 0.2) is 5.78 Å². The Kier molecular flexibility index (Phi) is 4.66. The minimum Gasteiger partial charge on any atom is -0.507 e. The summed E-state index contributed by atoms with van der Waals surface area (Å²) in [5.41, 5.74) is 4.02. The van der Waals surface area contributed by atoms with E-state index in [-0.39, 0.29) is 5.78 Å². The molecule has 0 aliphatic heterocycles. The van der Waals surface area contributed by atoms with Crippen molar-refractivity contribution < 1.29 is 14.6 Å². The Morgan fingerprint density at radius 3 is 2.32 bits per heavy atom. The van der Waals surface area contributed by atoms with Gasteiger partial charge in [-0.2, -0.15) is 0 Å². The molecule has 0 aromatic heterocycles. The Bertz CT molecular complexity index is 719. The maximum absolute atomic E-state index is 12.4. The maximum atomic E-state index is 12.4. The van der Waals surface area contributed by atoms with E-state index in [4.69, 9.17) is 4.74 Å². The number of ether oxygens (including phenoxy) is 1. The molecule has 0 atom stereocenters. The average molecular weight is 296 g/mol. The van der Waals surface area contributed by atoms with Crippen LogP contribution < -0.4 is 4.74 Å². The van der Waals surface area contributed by atoms with Crippen molar-refractivity contribution >= 4 is 11.9 Å². The third-order valence-corrected chi connectivity index (χ3v) is 3.56. The molecule has 22 heavy (non-hydrogen) atoms. The molecule has 0 fully saturated rings. The van der Waals surface area contributed by atoms with Crippen LogP contribution in [0.25, 0.3) is 6.08 Å². The number of hydrogen-bond acceptors (Lipinski definition) is 3. The number of aryl methyl sites for hydroxylation is 3. The van der Waals surface area contributed by atoms with E-state index in [0.29, 0.717) is 17.1 Å². The molecule has 0 radical (unpaired) electrons. The van der Waals surface area contributed by atoms with E-state index in [2.05, 4.69) is 0 Å². The van der Waals surface area contributed by atoms with Gasteiger partial charge in [-0.3, -0.25) is 4.79 Å². The summed E-state index contributed by atoms with van der Waals surface area (Å²) in [6.45, 7) is 5.61. The van der Waals surface area contributed by atoms with Gasteiger partial charge in [-0.25, -0.2) is 0 Å². The van der Waals surface area contributed by atoms with Crippen LogP contribution in [0.2, 0.25) is 0 Å². The predicted octanol–water partition coefficient (Wildman–Crippen LogP) is 4.22. The van der Waals surface area contributed by atoms with E-state index in [1.54, 1.807) is 19.3 Å². The maximum Gasteiger partial charge on any atom is 0.189 e. The number of carbonyl (C=O) groups is 1. The van der Waals surface area contributed by atoms with Crippen molar-refractivity contribution in [2.45, 2.75) is 20.8 Å². The molecular weight excluding hydrogens is 276 g/mol. The van der Waals surface area contributed by atoms with Crippen LogP contribution in [0.1, 0.15) is 32.6 Å². The minimum absolute atomic E-state index is 0.107. The van der Waals surface area contributed by atoms with Crippen LogP contribution in [0.5, 0.6) is 11.5 Å². The highest BCUT2D eigenvalue weighted by Gasteiger charge is 2.10. The van der Waals surface area contributed by atoms with E-state index in [0.717, 1.165) is 22.3 Å². The van der Waals surface area contributed by atoms with Gasteiger partial charge >= 0.3 is 0 Å². The van der Waals surface area contributed by atoms with Gasteiger partial charge in [0, 0.05) is 0 Å². The highest BCUT2D eigenvalue weighted by molar-refractivity contribution is 6.08. The van der Waals surface area contributed by atoms with Crippen molar-refractivity contribution in [2.24, 2.45) is 0 Å². The molecule has 2 aromatic carbocycles. The van der Waals surface area contributed by atoms with Crippen LogP contribution in [0.4, 0.5) is 0 Å². The van der Waals surface area contributed by atoms with E-state index in [1.165, 1.54) is 6.08 Å². The molecule has 0 heterocycles. The fourth-order valence-corrected chi connectivity index (χ4v) is 2.36. The number of rotatable bonds is 4. The zero-order chi connectivity index (χ0) is 16.3. The van der Waals surface area contributed by atoms with E-state index in [1.807, 2.05) is 45.0 Å². The normalized spacial score (nSPS) is 10.9. The number of benzene rings is 2. The van der Waals surface area contributed by atoms with Crippen molar-refractivity contribution in [1.82, 2.24) is 0 Å². The van der Waals surface area contributed by atoms with Crippen LogP contribution in [0, 0.1) is 20.8 Å². The number of hydrogen-bond donors (Lipinski definition) is 1. The second kappa shape index (κ2) is 6.48. The highest BCUT2D eigenvalue weighted by Crippen LogP contribution is 2.24. The first-order chi connectivity index (χ1) is 10.4. The highest BCUT2D eigenvalue weighted by atomic mass is 16.5. The molecule has 3 heteroatoms. The summed E-state index contributed by atoms with van der Waals surface area (Å²) in [6, 6.07) is 9.22. The summed E-state index contributed by atoms with van der Waals surface area (Å²) >= 11 is 0. The molecule has 0 aliphatic rings. The number of carbonyl (C=O) groups excluding carboxylic acids is 1. The van der Waals surface area contributed by atoms with Gasteiger partial charge in [-0.05, 0) is 67.8 Å². The zero-order valence-corrected chi connectivity index (χ0v) is 13.3. The van der Waals surface area contributed by atoms with Crippen molar-refractivity contribution in [3.05, 3.63) is 64.2 Å². The van der Waals surface area contributed by atoms with Crippen molar-refractivity contribution in [3.63, 3.8) is 0 Å². The standard InChI is InChI=1S/C19H20O3/c1-12-5-8-18(22-4)16(9-12)17(20)7-6-15-10-13(2)19(21)14(3)11-15/h5-11,21H,1-4H3/b7-6+. The fourth-order valence-electron chi connectivity index (χ4n) is 2.36. The number of methoxy groups -OCH3 is 1. The molecule has 0 saturated carbocycles. The Labute approximate surface area is 130 Å². The van der Waals surface area contributed by atoms with E-state index >= 15 is 0 Å². The van der Waals surface area contributed by atoms with E-state index in [9.17, 15) is 9.90 Å². The van der Waals surface area contributed by atoms with Gasteiger partial charge in [-0.15, -0.1) is 0 Å². The lowest BCUT2D eigenvalue weighted by atomic mass is 10.0. The number of aromatic hydroxyl groups is 1. The Hall–Kier alpha value is -2.55. The van der Waals surface area contributed by atoms with Crippen LogP contribution in [-0.4, -0.2) is 18.0 Å². The minimum atomic E-state index is -0.107. The summed E-state index contributed by atoms with van der Waals surface area (Å²) in [4.78, 5) is 12.4. The largest absolute Gasteiger partial charge is 0.507 e. The summed E-state index contributed by atoms with van der Waals surface area (Å²) in [6.07, 6.45) is 3.28. The second-order valence-corrected chi connectivity index (χ2v) is 5.40. The molecule has 2 rings (SSSR count). The SMILES string of the molecule is COc1ccc(C)cc1C(=O)/C=C/c1cc(C)c(O)c(C)c1. The van der Waals surface area contributed by atoms with Crippen molar-refractivity contribution in [3.8, 4) is 11.5 Å². The van der Waals surface area contributed by atoms with Gasteiger partial charge in [-0.1, -0.05) is 17.7 Å². The third kappa shape index (κ3) is 3.37. The van der Waals surface area contributed by atoms with Crippen molar-refractivity contribution in [2.75, 3.05) is 7.11 Å². The Balaban J connectivity index is 2.31. The molecule has 0 spiro atoms. The van der Waals surface area contributed by atoms with Crippen LogP contribution in [-0.2, 0) is 0 Å². The van der Waals surface area contributed by atoms with E-state index < -0.39 is 0 Å². The van der Waals surface area contributed by atoms with Gasteiger partial charge in [0.1, 0.15) is 11.5 Å². The molecule has 0 amide bonds. The number of ketones is 1. The predicted molar refractivity (Wildman–Crippen MR) is 88.7 cm³/mol. The summed E-state index contributed by atoms with van der Waals surface area (Å²) in [5.74, 6) is 0.756. The molecule has 0 aliphatic carbocycles. The summed E-state index contributed by atoms with van der Waals surface area (Å²) in [5, 5.41) is 9.78. The van der Waals surface area contributed by atoms with Gasteiger partial charge < -0.3 is 9.84 Å². The Morgan fingerprint density at radius 2 is 1.73 bits per heavy atom. The molecular formula is C19H20O3. The van der Waals surface area contributed by atoms with Gasteiger partial charge in [0.05, 0.1) is 12.7 Å². The first-order valence-electron chi connectivity index (χ1n) is 7.09. The third-order valence-electron chi connectivity index (χ3n) is 3.56. The summed E-state index contributed by atoms with van der Waals surface area (Å²) < 4.78 is 5.24. The lowest BCUT2D eigenvalue weighted by molar-refractivity contribution is 0.104. The lowest BCUT2D eigenvalue weighted by Crippen LogP contribution is -1.99. The zero-order valence-electron chi connectivity index (χ0n) is 13.3. The molecule has 114 valence electrons. The monoisotopic (exact) mass is 296 g/mol. The average Bonchev–Trinajstić information content (AvgIpc) is 2.50. The van der Waals surface area contributed by atoms with Gasteiger partial charge in [0.25, 0.3) is 0 Å². The number of phenolic OH excluding ortho intramolecular Hbond substituents is 1. The molecule has 0 saturated heterocycles. The lowest BCUT2D eigenvalue weighted by Gasteiger charge is -2.07. The number of phenols is 1. The first-order valence-corrected chi connectivity index (χ1v) is 7.09. The molecule has 2 aromatic rings. The Morgan fingerprint density at radius 1 is 1.09 bits per heavy atom. The molecule has 0 unspecified atom stereocenters. The summed E-state index contributed by atoms with van der Waals surface area (Å²) in [7, 11) is 1.55. The first kappa shape index (κ1) is 15.8.